The second-order valence-corrected chi connectivity index (χ2v) is 10.7. The number of imide groups is 1. The molecule has 13 heteroatoms. The van der Waals surface area contributed by atoms with Crippen LogP contribution in [0.4, 0.5) is 27.0 Å². The quantitative estimate of drug-likeness (QED) is 0.340. The molecule has 2 heterocycles. The summed E-state index contributed by atoms with van der Waals surface area (Å²) in [4.78, 5) is 40.7. The van der Waals surface area contributed by atoms with Gasteiger partial charge in [-0.1, -0.05) is 13.3 Å². The zero-order valence-electron chi connectivity index (χ0n) is 24.2. The van der Waals surface area contributed by atoms with Crippen LogP contribution in [0, 0.1) is 6.92 Å². The first kappa shape index (κ1) is 30.8. The Bertz CT molecular complexity index is 1080. The van der Waals surface area contributed by atoms with E-state index in [-0.39, 0.29) is 12.6 Å². The van der Waals surface area contributed by atoms with Gasteiger partial charge in [-0.2, -0.15) is 15.6 Å². The first-order valence-corrected chi connectivity index (χ1v) is 12.5. The van der Waals surface area contributed by atoms with E-state index >= 15 is 0 Å². The highest BCUT2D eigenvalue weighted by Crippen LogP contribution is 2.27. The van der Waals surface area contributed by atoms with Crippen LogP contribution in [-0.2, 0) is 28.0 Å². The molecule has 0 fully saturated rings. The summed E-state index contributed by atoms with van der Waals surface area (Å²) >= 11 is 0. The maximum absolute atomic E-state index is 13.0. The number of hydrogen-bond donors (Lipinski definition) is 2. The summed E-state index contributed by atoms with van der Waals surface area (Å²) in [6.07, 6.45) is 1.31. The molecular formula is C25H42N7O6+. The Labute approximate surface area is 224 Å². The van der Waals surface area contributed by atoms with Crippen molar-refractivity contribution >= 4 is 29.6 Å². The number of aromatic nitrogens is 4. The molecule has 2 aromatic heterocycles. The van der Waals surface area contributed by atoms with E-state index in [4.69, 9.17) is 19.0 Å². The minimum Gasteiger partial charge on any atom is -0.481 e. The number of amides is 2. The highest BCUT2D eigenvalue weighted by atomic mass is 16.6. The lowest BCUT2D eigenvalue weighted by molar-refractivity contribution is -0.830. The van der Waals surface area contributed by atoms with Crippen molar-refractivity contribution in [2.75, 3.05) is 23.9 Å². The minimum absolute atomic E-state index is 0.115. The maximum atomic E-state index is 13.0. The first-order valence-electron chi connectivity index (χ1n) is 12.5. The summed E-state index contributed by atoms with van der Waals surface area (Å²) in [7, 11) is 3.41. The third kappa shape index (κ3) is 8.84. The molecule has 13 nitrogen and oxygen atoms in total. The second kappa shape index (κ2) is 12.9. The van der Waals surface area contributed by atoms with Gasteiger partial charge in [0.1, 0.15) is 17.8 Å². The Morgan fingerprint density at radius 1 is 1.11 bits per heavy atom. The standard InChI is InChI=1S/C25H41N7O6/c1-11-12-13-26-20-18(36-15-17-19(30-35-10)16(2)31(9)29-17)14-27-21(28-20)32(22(33)37-24(3,4)5)23(34)38-25(6,7)8/h14,30H,11-13,15H2,1-10H3,(H,26,27,28)/p+1. The van der Waals surface area contributed by atoms with Crippen LogP contribution in [0.1, 0.15) is 72.7 Å². The maximum Gasteiger partial charge on any atom is 0.427 e. The summed E-state index contributed by atoms with van der Waals surface area (Å²) in [6, 6.07) is 0. The van der Waals surface area contributed by atoms with Gasteiger partial charge in [0.15, 0.2) is 17.3 Å². The number of nitrogens with two attached hydrogens (primary N) is 1. The number of unbranched alkanes of at least 4 members (excludes halogenated alkanes) is 1. The number of quaternary nitrogens is 1. The lowest BCUT2D eigenvalue weighted by atomic mass is 10.2. The van der Waals surface area contributed by atoms with Crippen LogP contribution in [-0.4, -0.2) is 56.8 Å². The zero-order chi connectivity index (χ0) is 28.7. The van der Waals surface area contributed by atoms with E-state index in [0.29, 0.717) is 28.7 Å². The Hall–Kier alpha value is -3.45. The Morgan fingerprint density at radius 2 is 1.71 bits per heavy atom. The van der Waals surface area contributed by atoms with Gasteiger partial charge in [0.25, 0.3) is 0 Å². The fourth-order valence-electron chi connectivity index (χ4n) is 3.15. The highest BCUT2D eigenvalue weighted by molar-refractivity contribution is 6.08. The molecule has 0 spiro atoms. The van der Waals surface area contributed by atoms with Crippen molar-refractivity contribution in [3.63, 3.8) is 0 Å². The van der Waals surface area contributed by atoms with E-state index in [2.05, 4.69) is 27.3 Å². The summed E-state index contributed by atoms with van der Waals surface area (Å²) < 4.78 is 18.7. The van der Waals surface area contributed by atoms with E-state index < -0.39 is 23.4 Å². The number of carbonyl (C=O) groups is 2. The molecule has 0 bridgehead atoms. The third-order valence-corrected chi connectivity index (χ3v) is 4.97. The Morgan fingerprint density at radius 3 is 2.24 bits per heavy atom. The molecule has 0 aliphatic rings. The van der Waals surface area contributed by atoms with Gasteiger partial charge < -0.3 is 19.5 Å². The van der Waals surface area contributed by atoms with Crippen molar-refractivity contribution in [3.05, 3.63) is 17.6 Å². The van der Waals surface area contributed by atoms with Crippen LogP contribution in [0.2, 0.25) is 0 Å². The van der Waals surface area contributed by atoms with E-state index in [1.807, 2.05) is 14.0 Å². The van der Waals surface area contributed by atoms with E-state index in [1.54, 1.807) is 58.8 Å². The monoisotopic (exact) mass is 536 g/mol. The Kier molecular flexibility index (Phi) is 10.4. The lowest BCUT2D eigenvalue weighted by Gasteiger charge is -2.27. The zero-order valence-corrected chi connectivity index (χ0v) is 24.2. The highest BCUT2D eigenvalue weighted by Gasteiger charge is 2.35. The molecule has 0 aliphatic heterocycles. The smallest absolute Gasteiger partial charge is 0.427 e. The van der Waals surface area contributed by atoms with Crippen LogP contribution in [0.25, 0.3) is 0 Å². The van der Waals surface area contributed by atoms with E-state index in [1.165, 1.54) is 6.20 Å². The molecule has 2 amide bonds. The predicted molar refractivity (Wildman–Crippen MR) is 141 cm³/mol. The molecule has 0 saturated carbocycles. The Balaban J connectivity index is 2.45. The molecule has 3 N–H and O–H groups in total. The molecular weight excluding hydrogens is 494 g/mol. The SMILES string of the molecule is CCCCNc1nc(N(C(=O)OC(C)(C)C)C(=O)OC(C)(C)C)ncc1OCc1nn(C)c(C)c1[NH2+]OC. The van der Waals surface area contributed by atoms with Gasteiger partial charge in [-0.15, -0.1) is 4.90 Å². The molecule has 2 rings (SSSR count). The number of hydrogen-bond acceptors (Lipinski definition) is 10. The fraction of sp³-hybridized carbons (Fsp3) is 0.640. The number of aryl methyl sites for hydroxylation is 1. The number of nitrogens with one attached hydrogen (secondary N) is 1. The number of carbonyl (C=O) groups excluding carboxylic acids is 2. The van der Waals surface area contributed by atoms with Crippen LogP contribution < -0.4 is 20.4 Å². The van der Waals surface area contributed by atoms with Crippen molar-refractivity contribution in [3.8, 4) is 5.75 Å². The first-order chi connectivity index (χ1) is 17.7. The molecule has 0 aromatic carbocycles. The van der Waals surface area contributed by atoms with Crippen molar-refractivity contribution in [2.24, 2.45) is 7.05 Å². The molecule has 0 saturated heterocycles. The average Bonchev–Trinajstić information content (AvgIpc) is 3.04. The van der Waals surface area contributed by atoms with Crippen molar-refractivity contribution in [1.29, 1.82) is 0 Å². The molecule has 38 heavy (non-hydrogen) atoms. The van der Waals surface area contributed by atoms with Crippen molar-refractivity contribution < 1.29 is 34.1 Å². The topological polar surface area (TPSA) is 147 Å². The van der Waals surface area contributed by atoms with Crippen molar-refractivity contribution in [2.45, 2.75) is 86.0 Å². The van der Waals surface area contributed by atoms with Crippen LogP contribution in [0.5, 0.6) is 5.75 Å². The largest absolute Gasteiger partial charge is 0.481 e. The van der Waals surface area contributed by atoms with E-state index in [9.17, 15) is 9.59 Å². The van der Waals surface area contributed by atoms with Crippen LogP contribution >= 0.6 is 0 Å². The number of nitrogens with zero attached hydrogens (tertiary/aromatic N) is 5. The molecule has 212 valence electrons. The normalized spacial score (nSPS) is 11.7. The van der Waals surface area contributed by atoms with E-state index in [0.717, 1.165) is 24.2 Å². The third-order valence-electron chi connectivity index (χ3n) is 4.97. The number of anilines is 2. The summed E-state index contributed by atoms with van der Waals surface area (Å²) in [6.45, 7) is 14.9. The average molecular weight is 537 g/mol. The van der Waals surface area contributed by atoms with Crippen molar-refractivity contribution in [1.82, 2.24) is 19.7 Å². The van der Waals surface area contributed by atoms with Gasteiger partial charge in [-0.3, -0.25) is 4.68 Å². The summed E-state index contributed by atoms with van der Waals surface area (Å²) in [5.41, 5.74) is 2.29. The second-order valence-electron chi connectivity index (χ2n) is 10.7. The fourth-order valence-corrected chi connectivity index (χ4v) is 3.15. The molecule has 0 atom stereocenters. The lowest BCUT2D eigenvalue weighted by Crippen LogP contribution is -2.76. The molecule has 0 unspecified atom stereocenters. The van der Waals surface area contributed by atoms with Gasteiger partial charge >= 0.3 is 12.2 Å². The van der Waals surface area contributed by atoms with Gasteiger partial charge in [-0.25, -0.2) is 19.4 Å². The van der Waals surface area contributed by atoms with Gasteiger partial charge in [-0.05, 0) is 54.9 Å². The number of rotatable bonds is 10. The predicted octanol–water partition coefficient (Wildman–Crippen LogP) is 3.74. The van der Waals surface area contributed by atoms with Crippen LogP contribution in [0.3, 0.4) is 0 Å². The van der Waals surface area contributed by atoms with Gasteiger partial charge in [0.05, 0.1) is 19.0 Å². The number of ether oxygens (including phenoxy) is 3. The summed E-state index contributed by atoms with van der Waals surface area (Å²) in [5.74, 6) is 0.428. The minimum atomic E-state index is -0.955. The summed E-state index contributed by atoms with van der Waals surface area (Å²) in [5, 5.41) is 7.71. The van der Waals surface area contributed by atoms with Crippen LogP contribution in [0.15, 0.2) is 6.20 Å². The molecule has 0 radical (unpaired) electrons. The van der Waals surface area contributed by atoms with Gasteiger partial charge in [0, 0.05) is 13.6 Å². The van der Waals surface area contributed by atoms with Gasteiger partial charge in [0.2, 0.25) is 11.6 Å². The molecule has 2 aromatic rings. The molecule has 0 aliphatic carbocycles.